The summed E-state index contributed by atoms with van der Waals surface area (Å²) in [5, 5.41) is 8.00. The van der Waals surface area contributed by atoms with Gasteiger partial charge in [0.2, 0.25) is 0 Å². The Morgan fingerprint density at radius 3 is 2.58 bits per heavy atom. The maximum absolute atomic E-state index is 12.5. The van der Waals surface area contributed by atoms with Crippen LogP contribution in [0.25, 0.3) is 16.6 Å². The van der Waals surface area contributed by atoms with E-state index in [1.54, 1.807) is 37.8 Å². The van der Waals surface area contributed by atoms with Crippen LogP contribution in [0.4, 0.5) is 0 Å². The van der Waals surface area contributed by atoms with Crippen molar-refractivity contribution in [2.75, 3.05) is 7.05 Å². The Morgan fingerprint density at radius 2 is 1.84 bits per heavy atom. The SMILES string of the molecule is CNC(=O)c1ccc(CCC(=O)Cc2cc3cnn(-c4ccnc(C)c4)c3cn2)cc1. The van der Waals surface area contributed by atoms with Gasteiger partial charge in [0.05, 0.1) is 23.6 Å². The molecule has 1 aromatic carbocycles. The average Bonchev–Trinajstić information content (AvgIpc) is 3.21. The molecule has 31 heavy (non-hydrogen) atoms. The molecule has 4 rings (SSSR count). The van der Waals surface area contributed by atoms with E-state index in [0.29, 0.717) is 18.4 Å². The summed E-state index contributed by atoms with van der Waals surface area (Å²) in [6.45, 7) is 1.94. The summed E-state index contributed by atoms with van der Waals surface area (Å²) in [5.74, 6) is 0.00543. The topological polar surface area (TPSA) is 89.8 Å². The fourth-order valence-corrected chi connectivity index (χ4v) is 3.48. The van der Waals surface area contributed by atoms with Crippen LogP contribution >= 0.6 is 0 Å². The zero-order valence-electron chi connectivity index (χ0n) is 17.5. The van der Waals surface area contributed by atoms with E-state index in [1.165, 1.54) is 0 Å². The van der Waals surface area contributed by atoms with E-state index in [-0.39, 0.29) is 18.1 Å². The number of benzene rings is 1. The van der Waals surface area contributed by atoms with Crippen molar-refractivity contribution in [1.82, 2.24) is 25.1 Å². The molecule has 0 bridgehead atoms. The molecule has 0 aliphatic rings. The molecule has 0 fully saturated rings. The number of carbonyl (C=O) groups excluding carboxylic acids is 2. The molecule has 3 heterocycles. The molecular formula is C24H23N5O2. The summed E-state index contributed by atoms with van der Waals surface area (Å²) in [7, 11) is 1.60. The summed E-state index contributed by atoms with van der Waals surface area (Å²) in [4.78, 5) is 32.8. The quantitative estimate of drug-likeness (QED) is 0.502. The van der Waals surface area contributed by atoms with Crippen LogP contribution in [0.5, 0.6) is 0 Å². The van der Waals surface area contributed by atoms with E-state index in [4.69, 9.17) is 0 Å². The van der Waals surface area contributed by atoms with Crippen LogP contribution in [0.1, 0.15) is 33.7 Å². The van der Waals surface area contributed by atoms with Gasteiger partial charge in [0.15, 0.2) is 0 Å². The molecule has 7 heteroatoms. The number of amides is 1. The number of carbonyl (C=O) groups is 2. The first-order valence-electron chi connectivity index (χ1n) is 10.1. The summed E-state index contributed by atoms with van der Waals surface area (Å²) in [5.41, 5.74) is 5.10. The van der Waals surface area contributed by atoms with Crippen molar-refractivity contribution in [1.29, 1.82) is 0 Å². The Hall–Kier alpha value is -3.87. The van der Waals surface area contributed by atoms with Gasteiger partial charge < -0.3 is 5.32 Å². The van der Waals surface area contributed by atoms with Gasteiger partial charge in [0.1, 0.15) is 5.78 Å². The van der Waals surface area contributed by atoms with Crippen LogP contribution < -0.4 is 5.32 Å². The second-order valence-corrected chi connectivity index (χ2v) is 7.44. The zero-order chi connectivity index (χ0) is 21.8. The monoisotopic (exact) mass is 413 g/mol. The third kappa shape index (κ3) is 4.66. The molecule has 0 radical (unpaired) electrons. The normalized spacial score (nSPS) is 10.9. The highest BCUT2D eigenvalue weighted by molar-refractivity contribution is 5.94. The van der Waals surface area contributed by atoms with Crippen LogP contribution in [-0.2, 0) is 17.6 Å². The van der Waals surface area contributed by atoms with Gasteiger partial charge in [-0.3, -0.25) is 19.6 Å². The van der Waals surface area contributed by atoms with Crippen molar-refractivity contribution >= 4 is 22.6 Å². The van der Waals surface area contributed by atoms with E-state index >= 15 is 0 Å². The molecule has 1 N–H and O–H groups in total. The number of hydrogen-bond acceptors (Lipinski definition) is 5. The van der Waals surface area contributed by atoms with E-state index < -0.39 is 0 Å². The highest BCUT2D eigenvalue weighted by Gasteiger charge is 2.11. The van der Waals surface area contributed by atoms with Crippen molar-refractivity contribution in [2.24, 2.45) is 0 Å². The Labute approximate surface area is 180 Å². The Morgan fingerprint density at radius 1 is 1.03 bits per heavy atom. The predicted molar refractivity (Wildman–Crippen MR) is 118 cm³/mol. The molecule has 156 valence electrons. The van der Waals surface area contributed by atoms with Gasteiger partial charge in [-0.05, 0) is 49.2 Å². The first kappa shape index (κ1) is 20.4. The molecule has 3 aromatic heterocycles. The smallest absolute Gasteiger partial charge is 0.251 e. The number of hydrogen-bond donors (Lipinski definition) is 1. The maximum atomic E-state index is 12.5. The Balaban J connectivity index is 1.40. The van der Waals surface area contributed by atoms with Gasteiger partial charge in [-0.25, -0.2) is 4.68 Å². The second-order valence-electron chi connectivity index (χ2n) is 7.44. The summed E-state index contributed by atoms with van der Waals surface area (Å²) in [6.07, 6.45) is 6.65. The number of rotatable bonds is 7. The van der Waals surface area contributed by atoms with E-state index in [0.717, 1.165) is 33.5 Å². The third-order valence-electron chi connectivity index (χ3n) is 5.15. The summed E-state index contributed by atoms with van der Waals surface area (Å²) in [6, 6.07) is 13.1. The van der Waals surface area contributed by atoms with Crippen LogP contribution in [-0.4, -0.2) is 38.5 Å². The van der Waals surface area contributed by atoms with Gasteiger partial charge in [-0.2, -0.15) is 5.10 Å². The standard InChI is InChI=1S/C24H23N5O2/c1-16-11-21(9-10-26-16)29-23-15-27-20(12-19(23)14-28-29)13-22(30)8-5-17-3-6-18(7-4-17)24(31)25-2/h3-4,6-7,9-12,14-15H,5,8,13H2,1-2H3,(H,25,31). The Bertz CT molecular complexity index is 1240. The number of nitrogens with zero attached hydrogens (tertiary/aromatic N) is 4. The van der Waals surface area contributed by atoms with Gasteiger partial charge in [-0.15, -0.1) is 0 Å². The zero-order valence-corrected chi connectivity index (χ0v) is 17.5. The first-order valence-corrected chi connectivity index (χ1v) is 10.1. The predicted octanol–water partition coefficient (Wildman–Crippen LogP) is 3.23. The maximum Gasteiger partial charge on any atom is 0.251 e. The molecular weight excluding hydrogens is 390 g/mol. The van der Waals surface area contributed by atoms with Crippen molar-refractivity contribution in [2.45, 2.75) is 26.2 Å². The minimum Gasteiger partial charge on any atom is -0.355 e. The van der Waals surface area contributed by atoms with E-state index in [1.807, 2.05) is 41.9 Å². The third-order valence-corrected chi connectivity index (χ3v) is 5.15. The molecule has 7 nitrogen and oxygen atoms in total. The molecule has 0 unspecified atom stereocenters. The largest absolute Gasteiger partial charge is 0.355 e. The number of aryl methyl sites for hydroxylation is 2. The van der Waals surface area contributed by atoms with Gasteiger partial charge in [0, 0.05) is 48.4 Å². The van der Waals surface area contributed by atoms with E-state index in [2.05, 4.69) is 20.4 Å². The molecule has 0 saturated carbocycles. The lowest BCUT2D eigenvalue weighted by Crippen LogP contribution is -2.17. The van der Waals surface area contributed by atoms with Crippen molar-refractivity contribution in [3.63, 3.8) is 0 Å². The van der Waals surface area contributed by atoms with Gasteiger partial charge in [0.25, 0.3) is 5.91 Å². The molecule has 4 aromatic rings. The van der Waals surface area contributed by atoms with Crippen LogP contribution in [0, 0.1) is 6.92 Å². The molecule has 0 aliphatic carbocycles. The number of ketones is 1. The Kier molecular flexibility index (Phi) is 5.84. The lowest BCUT2D eigenvalue weighted by atomic mass is 10.0. The molecule has 0 spiro atoms. The minimum absolute atomic E-state index is 0.119. The number of fused-ring (bicyclic) bond motifs is 1. The lowest BCUT2D eigenvalue weighted by molar-refractivity contribution is -0.118. The molecule has 1 amide bonds. The van der Waals surface area contributed by atoms with Crippen LogP contribution in [0.15, 0.2) is 61.1 Å². The number of Topliss-reactive ketones (excluding diaryl/α,β-unsaturated/α-hetero) is 1. The fourth-order valence-electron chi connectivity index (χ4n) is 3.48. The van der Waals surface area contributed by atoms with Crippen LogP contribution in [0.3, 0.4) is 0 Å². The minimum atomic E-state index is -0.119. The van der Waals surface area contributed by atoms with Crippen LogP contribution in [0.2, 0.25) is 0 Å². The molecule has 0 saturated heterocycles. The number of nitrogens with one attached hydrogen (secondary N) is 1. The van der Waals surface area contributed by atoms with Crippen molar-refractivity contribution in [3.05, 3.63) is 83.6 Å². The highest BCUT2D eigenvalue weighted by Crippen LogP contribution is 2.19. The van der Waals surface area contributed by atoms with Crippen molar-refractivity contribution < 1.29 is 9.59 Å². The van der Waals surface area contributed by atoms with Gasteiger partial charge in [-0.1, -0.05) is 12.1 Å². The second kappa shape index (κ2) is 8.87. The van der Waals surface area contributed by atoms with E-state index in [9.17, 15) is 9.59 Å². The fraction of sp³-hybridized carbons (Fsp3) is 0.208. The summed E-state index contributed by atoms with van der Waals surface area (Å²) >= 11 is 0. The average molecular weight is 413 g/mol. The number of aromatic nitrogens is 4. The number of pyridine rings is 2. The summed E-state index contributed by atoms with van der Waals surface area (Å²) < 4.78 is 1.82. The molecule has 0 atom stereocenters. The highest BCUT2D eigenvalue weighted by atomic mass is 16.1. The molecule has 0 aliphatic heterocycles. The lowest BCUT2D eigenvalue weighted by Gasteiger charge is -2.05. The van der Waals surface area contributed by atoms with Crippen molar-refractivity contribution in [3.8, 4) is 5.69 Å². The first-order chi connectivity index (χ1) is 15.0. The van der Waals surface area contributed by atoms with Gasteiger partial charge >= 0.3 is 0 Å².